The van der Waals surface area contributed by atoms with E-state index in [-0.39, 0.29) is 5.56 Å². The van der Waals surface area contributed by atoms with Crippen LogP contribution in [0.25, 0.3) is 10.2 Å². The Balaban J connectivity index is 1.67. The predicted octanol–water partition coefficient (Wildman–Crippen LogP) is 4.34. The van der Waals surface area contributed by atoms with Crippen LogP contribution in [0.1, 0.15) is 52.1 Å². The molecular formula is C20H22N2O4S2. The summed E-state index contributed by atoms with van der Waals surface area (Å²) in [5.41, 5.74) is 1.70. The second kappa shape index (κ2) is 7.75. The first kappa shape index (κ1) is 19.3. The highest BCUT2D eigenvalue weighted by molar-refractivity contribution is 7.98. The molecule has 0 N–H and O–H groups in total. The van der Waals surface area contributed by atoms with Gasteiger partial charge in [-0.3, -0.25) is 9.36 Å². The molecule has 0 amide bonds. The van der Waals surface area contributed by atoms with Gasteiger partial charge in [-0.05, 0) is 51.2 Å². The number of aromatic nitrogens is 2. The molecule has 0 radical (unpaired) electrons. The number of hydrogen-bond donors (Lipinski definition) is 0. The van der Waals surface area contributed by atoms with Crippen LogP contribution in [-0.2, 0) is 29.9 Å². The Labute approximate surface area is 170 Å². The van der Waals surface area contributed by atoms with E-state index < -0.39 is 5.97 Å². The lowest BCUT2D eigenvalue weighted by atomic mass is 9.97. The quantitative estimate of drug-likeness (QED) is 0.349. The number of furan rings is 1. The number of ether oxygens (including phenoxy) is 1. The summed E-state index contributed by atoms with van der Waals surface area (Å²) in [6, 6.07) is 1.70. The van der Waals surface area contributed by atoms with Gasteiger partial charge in [-0.1, -0.05) is 11.8 Å². The summed E-state index contributed by atoms with van der Waals surface area (Å²) < 4.78 is 12.2. The fourth-order valence-electron chi connectivity index (χ4n) is 3.67. The molecule has 1 aliphatic rings. The molecule has 148 valence electrons. The van der Waals surface area contributed by atoms with E-state index in [0.717, 1.165) is 29.5 Å². The minimum Gasteiger partial charge on any atom is -0.465 e. The third kappa shape index (κ3) is 3.28. The molecule has 3 aromatic rings. The van der Waals surface area contributed by atoms with Gasteiger partial charge in [0.05, 0.1) is 18.2 Å². The predicted molar refractivity (Wildman–Crippen MR) is 111 cm³/mol. The Hall–Kier alpha value is -2.06. The molecule has 3 aromatic heterocycles. The van der Waals surface area contributed by atoms with E-state index in [2.05, 4.69) is 0 Å². The van der Waals surface area contributed by atoms with Crippen molar-refractivity contribution in [3.8, 4) is 0 Å². The first-order valence-corrected chi connectivity index (χ1v) is 11.2. The maximum atomic E-state index is 13.1. The monoisotopic (exact) mass is 418 g/mol. The molecule has 3 heterocycles. The summed E-state index contributed by atoms with van der Waals surface area (Å²) >= 11 is 3.11. The summed E-state index contributed by atoms with van der Waals surface area (Å²) in [6.45, 7) is 4.27. The van der Waals surface area contributed by atoms with Crippen molar-refractivity contribution in [2.75, 3.05) is 7.11 Å². The van der Waals surface area contributed by atoms with Gasteiger partial charge in [0.1, 0.15) is 21.9 Å². The number of aryl methyl sites for hydroxylation is 3. The number of methoxy groups -OCH3 is 1. The standard InChI is InChI=1S/C20H22N2O4S2/c1-4-22-18(23)16-13-7-5-6-8-15(13)28-17(16)21-20(22)27-10-12-9-14(11(2)26-12)19(24)25-3/h9H,4-8,10H2,1-3H3. The van der Waals surface area contributed by atoms with E-state index in [0.29, 0.717) is 34.5 Å². The fraction of sp³-hybridized carbons (Fsp3) is 0.450. The minimum absolute atomic E-state index is 0.0558. The van der Waals surface area contributed by atoms with Crippen molar-refractivity contribution in [1.82, 2.24) is 9.55 Å². The van der Waals surface area contributed by atoms with Crippen molar-refractivity contribution in [3.63, 3.8) is 0 Å². The van der Waals surface area contributed by atoms with Crippen molar-refractivity contribution < 1.29 is 13.9 Å². The summed E-state index contributed by atoms with van der Waals surface area (Å²) in [5, 5.41) is 1.50. The molecule has 0 atom stereocenters. The van der Waals surface area contributed by atoms with Crippen LogP contribution in [0.4, 0.5) is 0 Å². The van der Waals surface area contributed by atoms with E-state index in [9.17, 15) is 9.59 Å². The summed E-state index contributed by atoms with van der Waals surface area (Å²) in [6.07, 6.45) is 4.35. The van der Waals surface area contributed by atoms with Crippen LogP contribution >= 0.6 is 23.1 Å². The molecule has 0 saturated carbocycles. The summed E-state index contributed by atoms with van der Waals surface area (Å²) in [7, 11) is 1.35. The van der Waals surface area contributed by atoms with Crippen LogP contribution in [0.3, 0.4) is 0 Å². The minimum atomic E-state index is -0.410. The second-order valence-corrected chi connectivity index (χ2v) is 8.82. The van der Waals surface area contributed by atoms with Gasteiger partial charge >= 0.3 is 5.97 Å². The van der Waals surface area contributed by atoms with Crippen molar-refractivity contribution in [1.29, 1.82) is 0 Å². The maximum absolute atomic E-state index is 13.1. The van der Waals surface area contributed by atoms with Gasteiger partial charge in [0.25, 0.3) is 5.56 Å². The van der Waals surface area contributed by atoms with Gasteiger partial charge in [0.15, 0.2) is 5.16 Å². The molecule has 0 fully saturated rings. The van der Waals surface area contributed by atoms with E-state index in [4.69, 9.17) is 14.1 Å². The molecule has 28 heavy (non-hydrogen) atoms. The molecule has 6 nitrogen and oxygen atoms in total. The number of carbonyl (C=O) groups is 1. The number of esters is 1. The first-order valence-electron chi connectivity index (χ1n) is 9.39. The molecule has 8 heteroatoms. The molecule has 0 aliphatic heterocycles. The number of fused-ring (bicyclic) bond motifs is 3. The Kier molecular flexibility index (Phi) is 5.33. The second-order valence-electron chi connectivity index (χ2n) is 6.80. The summed E-state index contributed by atoms with van der Waals surface area (Å²) in [5.74, 6) is 1.27. The Bertz CT molecular complexity index is 1110. The Morgan fingerprint density at radius 1 is 1.39 bits per heavy atom. The van der Waals surface area contributed by atoms with E-state index in [1.165, 1.54) is 35.7 Å². The molecule has 0 saturated heterocycles. The highest BCUT2D eigenvalue weighted by atomic mass is 32.2. The molecule has 0 unspecified atom stereocenters. The van der Waals surface area contributed by atoms with Crippen LogP contribution in [0, 0.1) is 6.92 Å². The molecule has 0 bridgehead atoms. The fourth-order valence-corrected chi connectivity index (χ4v) is 5.92. The zero-order valence-electron chi connectivity index (χ0n) is 16.2. The number of rotatable bonds is 5. The van der Waals surface area contributed by atoms with Crippen molar-refractivity contribution in [3.05, 3.63) is 43.9 Å². The van der Waals surface area contributed by atoms with Gasteiger partial charge < -0.3 is 9.15 Å². The van der Waals surface area contributed by atoms with E-state index in [1.807, 2.05) is 6.92 Å². The zero-order chi connectivity index (χ0) is 19.8. The average Bonchev–Trinajstić information content (AvgIpc) is 3.25. The van der Waals surface area contributed by atoms with Gasteiger partial charge in [-0.15, -0.1) is 11.3 Å². The van der Waals surface area contributed by atoms with Crippen molar-refractivity contribution >= 4 is 39.3 Å². The average molecular weight is 419 g/mol. The smallest absolute Gasteiger partial charge is 0.341 e. The highest BCUT2D eigenvalue weighted by Crippen LogP contribution is 2.35. The largest absolute Gasteiger partial charge is 0.465 e. The normalized spacial score (nSPS) is 13.7. The third-order valence-corrected chi connectivity index (χ3v) is 7.26. The van der Waals surface area contributed by atoms with E-state index in [1.54, 1.807) is 28.9 Å². The van der Waals surface area contributed by atoms with Crippen molar-refractivity contribution in [2.45, 2.75) is 57.0 Å². The Morgan fingerprint density at radius 3 is 2.93 bits per heavy atom. The van der Waals surface area contributed by atoms with Crippen molar-refractivity contribution in [2.24, 2.45) is 0 Å². The van der Waals surface area contributed by atoms with Gasteiger partial charge in [0, 0.05) is 11.4 Å². The van der Waals surface area contributed by atoms with Crippen LogP contribution in [0.2, 0.25) is 0 Å². The maximum Gasteiger partial charge on any atom is 0.341 e. The number of carbonyl (C=O) groups excluding carboxylic acids is 1. The molecule has 0 aromatic carbocycles. The first-order chi connectivity index (χ1) is 13.5. The number of thiophene rings is 1. The van der Waals surface area contributed by atoms with Crippen LogP contribution in [0.5, 0.6) is 0 Å². The van der Waals surface area contributed by atoms with Crippen LogP contribution in [0.15, 0.2) is 20.4 Å². The molecule has 0 spiro atoms. The molecule has 4 rings (SSSR count). The van der Waals surface area contributed by atoms with Gasteiger partial charge in [0.2, 0.25) is 0 Å². The highest BCUT2D eigenvalue weighted by Gasteiger charge is 2.22. The number of nitrogens with zero attached hydrogens (tertiary/aromatic N) is 2. The van der Waals surface area contributed by atoms with Gasteiger partial charge in [-0.2, -0.15) is 0 Å². The zero-order valence-corrected chi connectivity index (χ0v) is 17.8. The lowest BCUT2D eigenvalue weighted by Gasteiger charge is -2.11. The number of hydrogen-bond acceptors (Lipinski definition) is 7. The summed E-state index contributed by atoms with van der Waals surface area (Å²) in [4.78, 5) is 31.9. The molecular weight excluding hydrogens is 396 g/mol. The van der Waals surface area contributed by atoms with E-state index >= 15 is 0 Å². The lowest BCUT2D eigenvalue weighted by Crippen LogP contribution is -2.22. The van der Waals surface area contributed by atoms with Crippen LogP contribution in [-0.4, -0.2) is 22.6 Å². The van der Waals surface area contributed by atoms with Gasteiger partial charge in [-0.25, -0.2) is 9.78 Å². The SMILES string of the molecule is CCn1c(SCc2cc(C(=O)OC)c(C)o2)nc2sc3c(c2c1=O)CCCC3. The third-order valence-electron chi connectivity index (χ3n) is 5.07. The van der Waals surface area contributed by atoms with Crippen LogP contribution < -0.4 is 5.56 Å². The number of thioether (sulfide) groups is 1. The lowest BCUT2D eigenvalue weighted by molar-refractivity contribution is 0.0599. The molecule has 1 aliphatic carbocycles. The topological polar surface area (TPSA) is 74.3 Å². The Morgan fingerprint density at radius 2 is 2.18 bits per heavy atom.